The van der Waals surface area contributed by atoms with E-state index in [9.17, 15) is 9.59 Å². The molecule has 0 aliphatic carbocycles. The van der Waals surface area contributed by atoms with E-state index in [0.717, 1.165) is 0 Å². The average Bonchev–Trinajstić information content (AvgIpc) is 2.84. The van der Waals surface area contributed by atoms with Crippen molar-refractivity contribution in [3.63, 3.8) is 0 Å². The molecule has 1 saturated heterocycles. The van der Waals surface area contributed by atoms with Crippen LogP contribution in [0.3, 0.4) is 0 Å². The second-order valence-electron chi connectivity index (χ2n) is 4.22. The highest BCUT2D eigenvalue weighted by atomic mass is 35.5. The van der Waals surface area contributed by atoms with Crippen LogP contribution in [0.25, 0.3) is 0 Å². The molecule has 0 spiro atoms. The van der Waals surface area contributed by atoms with Crippen LogP contribution < -0.4 is 5.32 Å². The van der Waals surface area contributed by atoms with Crippen LogP contribution in [0.15, 0.2) is 18.2 Å². The van der Waals surface area contributed by atoms with Gasteiger partial charge in [0, 0.05) is 6.54 Å². The zero-order chi connectivity index (χ0) is 14.0. The summed E-state index contributed by atoms with van der Waals surface area (Å²) in [6.45, 7) is 0.418. The van der Waals surface area contributed by atoms with Gasteiger partial charge in [-0.15, -0.1) is 0 Å². The summed E-state index contributed by atoms with van der Waals surface area (Å²) in [5, 5.41) is 12.2. The number of benzene rings is 1. The minimum atomic E-state index is -0.996. The second-order valence-corrected chi connectivity index (χ2v) is 5.01. The minimum Gasteiger partial charge on any atom is -0.480 e. The molecule has 1 unspecified atom stereocenters. The Morgan fingerprint density at radius 2 is 2.11 bits per heavy atom. The number of carbonyl (C=O) groups is 2. The summed E-state index contributed by atoms with van der Waals surface area (Å²) in [4.78, 5) is 24.4. The zero-order valence-electron chi connectivity index (χ0n) is 9.90. The number of anilines is 1. The van der Waals surface area contributed by atoms with Crippen molar-refractivity contribution in [2.24, 2.45) is 0 Å². The molecule has 5 nitrogen and oxygen atoms in total. The topological polar surface area (TPSA) is 69.6 Å². The van der Waals surface area contributed by atoms with E-state index in [4.69, 9.17) is 28.3 Å². The third-order valence-electron chi connectivity index (χ3n) is 2.99. The number of carboxylic acids is 1. The second kappa shape index (κ2) is 5.67. The molecule has 1 aromatic carbocycles. The molecule has 2 N–H and O–H groups in total. The fourth-order valence-electron chi connectivity index (χ4n) is 2.05. The maximum atomic E-state index is 12.0. The van der Waals surface area contributed by atoms with E-state index in [1.807, 2.05) is 0 Å². The SMILES string of the molecule is O=C(O)C1CCCN1C(=O)Nc1cccc(Cl)c1Cl. The number of hydrogen-bond acceptors (Lipinski definition) is 2. The molecule has 19 heavy (non-hydrogen) atoms. The molecule has 0 radical (unpaired) electrons. The number of carbonyl (C=O) groups excluding carboxylic acids is 1. The molecule has 1 fully saturated rings. The number of rotatable bonds is 2. The summed E-state index contributed by atoms with van der Waals surface area (Å²) < 4.78 is 0. The Hall–Kier alpha value is -1.46. The number of amides is 2. The summed E-state index contributed by atoms with van der Waals surface area (Å²) in [6.07, 6.45) is 1.14. The maximum Gasteiger partial charge on any atom is 0.326 e. The first-order chi connectivity index (χ1) is 9.00. The number of likely N-dealkylation sites (tertiary alicyclic amines) is 1. The van der Waals surface area contributed by atoms with Crippen LogP contribution in [0, 0.1) is 0 Å². The molecule has 1 aromatic rings. The molecule has 0 bridgehead atoms. The fourth-order valence-corrected chi connectivity index (χ4v) is 2.40. The van der Waals surface area contributed by atoms with E-state index >= 15 is 0 Å². The number of nitrogens with zero attached hydrogens (tertiary/aromatic N) is 1. The lowest BCUT2D eigenvalue weighted by Gasteiger charge is -2.22. The van der Waals surface area contributed by atoms with Gasteiger partial charge >= 0.3 is 12.0 Å². The van der Waals surface area contributed by atoms with Crippen LogP contribution in [0.2, 0.25) is 10.0 Å². The van der Waals surface area contributed by atoms with Crippen molar-refractivity contribution in [1.82, 2.24) is 4.90 Å². The van der Waals surface area contributed by atoms with Crippen LogP contribution >= 0.6 is 23.2 Å². The Labute approximate surface area is 120 Å². The first-order valence-electron chi connectivity index (χ1n) is 5.75. The Morgan fingerprint density at radius 1 is 1.37 bits per heavy atom. The molecular formula is C12H12Cl2N2O3. The van der Waals surface area contributed by atoms with Crippen molar-refractivity contribution in [3.8, 4) is 0 Å². The smallest absolute Gasteiger partial charge is 0.326 e. The van der Waals surface area contributed by atoms with Gasteiger partial charge in [-0.25, -0.2) is 9.59 Å². The van der Waals surface area contributed by atoms with E-state index in [2.05, 4.69) is 5.32 Å². The Balaban J connectivity index is 2.13. The van der Waals surface area contributed by atoms with E-state index < -0.39 is 18.0 Å². The summed E-state index contributed by atoms with van der Waals surface area (Å²) in [5.74, 6) is -0.996. The highest BCUT2D eigenvalue weighted by Gasteiger charge is 2.34. The molecule has 1 heterocycles. The van der Waals surface area contributed by atoms with Gasteiger partial charge in [-0.2, -0.15) is 0 Å². The number of carboxylic acid groups (broad SMARTS) is 1. The molecule has 2 amide bonds. The largest absolute Gasteiger partial charge is 0.480 e. The molecule has 7 heteroatoms. The van der Waals surface area contributed by atoms with Gasteiger partial charge in [-0.3, -0.25) is 0 Å². The standard InChI is InChI=1S/C12H12Cl2N2O3/c13-7-3-1-4-8(10(7)14)15-12(19)16-6-2-5-9(16)11(17)18/h1,3-4,9H,2,5-6H2,(H,15,19)(H,17,18). The van der Waals surface area contributed by atoms with Crippen LogP contribution in [-0.4, -0.2) is 34.6 Å². The van der Waals surface area contributed by atoms with Crippen molar-refractivity contribution in [1.29, 1.82) is 0 Å². The van der Waals surface area contributed by atoms with Crippen molar-refractivity contribution >= 4 is 40.9 Å². The summed E-state index contributed by atoms with van der Waals surface area (Å²) in [6, 6.07) is 3.61. The summed E-state index contributed by atoms with van der Waals surface area (Å²) in [5.41, 5.74) is 0.371. The maximum absolute atomic E-state index is 12.0. The molecule has 1 atom stereocenters. The Morgan fingerprint density at radius 3 is 2.79 bits per heavy atom. The van der Waals surface area contributed by atoms with Gasteiger partial charge in [-0.05, 0) is 25.0 Å². The van der Waals surface area contributed by atoms with Crippen molar-refractivity contribution in [2.45, 2.75) is 18.9 Å². The molecule has 1 aliphatic rings. The third-order valence-corrected chi connectivity index (χ3v) is 3.81. The number of halogens is 2. The predicted molar refractivity (Wildman–Crippen MR) is 72.8 cm³/mol. The van der Waals surface area contributed by atoms with Gasteiger partial charge in [-0.1, -0.05) is 29.3 Å². The van der Waals surface area contributed by atoms with Gasteiger partial charge < -0.3 is 15.3 Å². The fraction of sp³-hybridized carbons (Fsp3) is 0.333. The Bertz CT molecular complexity index is 522. The predicted octanol–water partition coefficient (Wildman–Crippen LogP) is 3.07. The number of hydrogen-bond donors (Lipinski definition) is 2. The highest BCUT2D eigenvalue weighted by molar-refractivity contribution is 6.43. The van der Waals surface area contributed by atoms with Crippen molar-refractivity contribution in [2.75, 3.05) is 11.9 Å². The quantitative estimate of drug-likeness (QED) is 0.882. The first-order valence-corrected chi connectivity index (χ1v) is 6.50. The van der Waals surface area contributed by atoms with Crippen molar-refractivity contribution < 1.29 is 14.7 Å². The average molecular weight is 303 g/mol. The lowest BCUT2D eigenvalue weighted by atomic mass is 10.2. The highest BCUT2D eigenvalue weighted by Crippen LogP contribution is 2.30. The van der Waals surface area contributed by atoms with Crippen molar-refractivity contribution in [3.05, 3.63) is 28.2 Å². The van der Waals surface area contributed by atoms with Crippen LogP contribution in [0.4, 0.5) is 10.5 Å². The monoisotopic (exact) mass is 302 g/mol. The molecule has 1 aliphatic heterocycles. The lowest BCUT2D eigenvalue weighted by Crippen LogP contribution is -2.42. The Kier molecular flexibility index (Phi) is 4.17. The van der Waals surface area contributed by atoms with E-state index in [-0.39, 0.29) is 5.02 Å². The van der Waals surface area contributed by atoms with Crippen LogP contribution in [-0.2, 0) is 4.79 Å². The van der Waals surface area contributed by atoms with E-state index in [0.29, 0.717) is 30.1 Å². The summed E-state index contributed by atoms with van der Waals surface area (Å²) in [7, 11) is 0. The molecule has 102 valence electrons. The van der Waals surface area contributed by atoms with Gasteiger partial charge in [0.05, 0.1) is 15.7 Å². The molecule has 0 saturated carbocycles. The summed E-state index contributed by atoms with van der Waals surface area (Å²) >= 11 is 11.8. The van der Waals surface area contributed by atoms with Gasteiger partial charge in [0.25, 0.3) is 0 Å². The van der Waals surface area contributed by atoms with E-state index in [1.54, 1.807) is 18.2 Å². The molecule has 0 aromatic heterocycles. The van der Waals surface area contributed by atoms with Gasteiger partial charge in [0.2, 0.25) is 0 Å². The normalized spacial score (nSPS) is 18.4. The molecular weight excluding hydrogens is 291 g/mol. The number of nitrogens with one attached hydrogen (secondary N) is 1. The first kappa shape index (κ1) is 14.0. The zero-order valence-corrected chi connectivity index (χ0v) is 11.4. The lowest BCUT2D eigenvalue weighted by molar-refractivity contribution is -0.141. The third kappa shape index (κ3) is 2.93. The number of aliphatic carboxylic acids is 1. The van der Waals surface area contributed by atoms with Crippen LogP contribution in [0.1, 0.15) is 12.8 Å². The molecule has 2 rings (SSSR count). The van der Waals surface area contributed by atoms with Crippen LogP contribution in [0.5, 0.6) is 0 Å². The number of urea groups is 1. The van der Waals surface area contributed by atoms with Gasteiger partial charge in [0.1, 0.15) is 6.04 Å². The minimum absolute atomic E-state index is 0.239. The van der Waals surface area contributed by atoms with Gasteiger partial charge in [0.15, 0.2) is 0 Å². The van der Waals surface area contributed by atoms with E-state index in [1.165, 1.54) is 4.90 Å².